The Labute approximate surface area is 124 Å². The molecule has 1 fully saturated rings. The number of nitrogens with zero attached hydrogens (tertiary/aromatic N) is 1. The number of carbonyl (C=O) groups is 1. The lowest BCUT2D eigenvalue weighted by molar-refractivity contribution is 0.0580. The second kappa shape index (κ2) is 6.61. The molecule has 0 saturated heterocycles. The van der Waals surface area contributed by atoms with Crippen LogP contribution in [0.15, 0.2) is 12.1 Å². The molecule has 0 aromatic heterocycles. The third-order valence-corrected chi connectivity index (χ3v) is 4.10. The molecule has 110 valence electrons. The number of hydrogen-bond donors (Lipinski definition) is 0. The van der Waals surface area contributed by atoms with Gasteiger partial charge in [-0.1, -0.05) is 15.9 Å². The lowest BCUT2D eigenvalue weighted by Crippen LogP contribution is -2.45. The van der Waals surface area contributed by atoms with E-state index in [-0.39, 0.29) is 11.6 Å². The van der Waals surface area contributed by atoms with Crippen LogP contribution in [0.4, 0.5) is 13.2 Å². The fraction of sp³-hybridized carbons (Fsp3) is 0.500. The molecule has 0 bridgehead atoms. The van der Waals surface area contributed by atoms with Crippen LogP contribution in [0.25, 0.3) is 0 Å². The summed E-state index contributed by atoms with van der Waals surface area (Å²) in [5.41, 5.74) is -0.136. The number of alkyl halides is 1. The summed E-state index contributed by atoms with van der Waals surface area (Å²) < 4.78 is 39.4. The Morgan fingerprint density at radius 3 is 2.30 bits per heavy atom. The van der Waals surface area contributed by atoms with Gasteiger partial charge in [0, 0.05) is 23.5 Å². The van der Waals surface area contributed by atoms with Crippen molar-refractivity contribution in [3.8, 4) is 0 Å². The summed E-state index contributed by atoms with van der Waals surface area (Å²) in [6.45, 7) is 0.523. The maximum Gasteiger partial charge on any atom is 0.254 e. The SMILES string of the molecule is O=C(c1cc(F)c(F)c(F)c1)N(CCCBr)C1CCC1. The number of carbonyl (C=O) groups excluding carboxylic acids is 1. The zero-order valence-corrected chi connectivity index (χ0v) is 12.4. The van der Waals surface area contributed by atoms with E-state index in [0.717, 1.165) is 43.1 Å². The molecule has 0 radical (unpaired) electrons. The Hall–Kier alpha value is -1.04. The molecule has 2 nitrogen and oxygen atoms in total. The summed E-state index contributed by atoms with van der Waals surface area (Å²) in [4.78, 5) is 14.0. The smallest absolute Gasteiger partial charge is 0.254 e. The van der Waals surface area contributed by atoms with E-state index in [1.807, 2.05) is 0 Å². The molecular weight excluding hydrogens is 335 g/mol. The molecule has 1 aromatic carbocycles. The van der Waals surface area contributed by atoms with Crippen molar-refractivity contribution in [2.45, 2.75) is 31.7 Å². The van der Waals surface area contributed by atoms with E-state index in [9.17, 15) is 18.0 Å². The highest BCUT2D eigenvalue weighted by Crippen LogP contribution is 2.27. The van der Waals surface area contributed by atoms with Crippen molar-refractivity contribution < 1.29 is 18.0 Å². The second-order valence-corrected chi connectivity index (χ2v) is 5.67. The first-order valence-corrected chi connectivity index (χ1v) is 7.68. The summed E-state index contributed by atoms with van der Waals surface area (Å²) in [5, 5.41) is 0.746. The van der Waals surface area contributed by atoms with Crippen LogP contribution >= 0.6 is 15.9 Å². The van der Waals surface area contributed by atoms with Gasteiger partial charge in [0.15, 0.2) is 17.5 Å². The van der Waals surface area contributed by atoms with Crippen LogP contribution in [0.1, 0.15) is 36.0 Å². The summed E-state index contributed by atoms with van der Waals surface area (Å²) >= 11 is 3.30. The molecule has 6 heteroatoms. The van der Waals surface area contributed by atoms with Gasteiger partial charge in [-0.05, 0) is 37.8 Å². The van der Waals surface area contributed by atoms with Crippen LogP contribution < -0.4 is 0 Å². The zero-order chi connectivity index (χ0) is 14.7. The number of rotatable bonds is 5. The monoisotopic (exact) mass is 349 g/mol. The Morgan fingerprint density at radius 1 is 1.25 bits per heavy atom. The van der Waals surface area contributed by atoms with E-state index in [1.54, 1.807) is 4.90 Å². The summed E-state index contributed by atoms with van der Waals surface area (Å²) in [6.07, 6.45) is 3.61. The molecule has 0 spiro atoms. The van der Waals surface area contributed by atoms with Crippen LogP contribution in [0.2, 0.25) is 0 Å². The minimum atomic E-state index is -1.54. The van der Waals surface area contributed by atoms with E-state index in [1.165, 1.54) is 0 Å². The van der Waals surface area contributed by atoms with Crippen molar-refractivity contribution in [3.05, 3.63) is 35.1 Å². The standard InChI is InChI=1S/C14H15BrF3NO/c15-5-2-6-19(10-3-1-4-10)14(20)9-7-11(16)13(18)12(17)8-9/h7-8,10H,1-6H2. The highest BCUT2D eigenvalue weighted by Gasteiger charge is 2.29. The van der Waals surface area contributed by atoms with Gasteiger partial charge in [0.2, 0.25) is 0 Å². The number of hydrogen-bond acceptors (Lipinski definition) is 1. The predicted molar refractivity (Wildman–Crippen MR) is 73.4 cm³/mol. The van der Waals surface area contributed by atoms with Crippen LogP contribution in [-0.4, -0.2) is 28.7 Å². The highest BCUT2D eigenvalue weighted by molar-refractivity contribution is 9.09. The van der Waals surface area contributed by atoms with Crippen molar-refractivity contribution in [2.75, 3.05) is 11.9 Å². The molecule has 1 aliphatic rings. The molecule has 0 heterocycles. The quantitative estimate of drug-likeness (QED) is 0.583. The van der Waals surface area contributed by atoms with Gasteiger partial charge in [-0.15, -0.1) is 0 Å². The molecule has 20 heavy (non-hydrogen) atoms. The van der Waals surface area contributed by atoms with Crippen molar-refractivity contribution in [1.29, 1.82) is 0 Å². The number of benzene rings is 1. The van der Waals surface area contributed by atoms with Crippen LogP contribution in [0, 0.1) is 17.5 Å². The minimum absolute atomic E-state index is 0.123. The predicted octanol–water partition coefficient (Wildman–Crippen LogP) is 3.88. The average molecular weight is 350 g/mol. The first-order chi connectivity index (χ1) is 9.54. The summed E-state index contributed by atoms with van der Waals surface area (Å²) in [6, 6.07) is 1.65. The van der Waals surface area contributed by atoms with E-state index in [2.05, 4.69) is 15.9 Å². The van der Waals surface area contributed by atoms with Crippen LogP contribution in [0.3, 0.4) is 0 Å². The molecular formula is C14H15BrF3NO. The molecule has 0 aliphatic heterocycles. The van der Waals surface area contributed by atoms with E-state index in [4.69, 9.17) is 0 Å². The largest absolute Gasteiger partial charge is 0.336 e. The Kier molecular flexibility index (Phi) is 5.07. The lowest BCUT2D eigenvalue weighted by Gasteiger charge is -2.37. The molecule has 0 N–H and O–H groups in total. The van der Waals surface area contributed by atoms with E-state index < -0.39 is 23.4 Å². The number of halogens is 4. The molecule has 2 rings (SSSR count). The molecule has 1 aliphatic carbocycles. The van der Waals surface area contributed by atoms with Crippen LogP contribution in [0.5, 0.6) is 0 Å². The lowest BCUT2D eigenvalue weighted by atomic mass is 9.90. The van der Waals surface area contributed by atoms with Gasteiger partial charge >= 0.3 is 0 Å². The van der Waals surface area contributed by atoms with Crippen molar-refractivity contribution >= 4 is 21.8 Å². The van der Waals surface area contributed by atoms with Crippen molar-refractivity contribution in [2.24, 2.45) is 0 Å². The highest BCUT2D eigenvalue weighted by atomic mass is 79.9. The van der Waals surface area contributed by atoms with Crippen LogP contribution in [-0.2, 0) is 0 Å². The first kappa shape index (κ1) is 15.4. The molecule has 1 aromatic rings. The van der Waals surface area contributed by atoms with Crippen molar-refractivity contribution in [3.63, 3.8) is 0 Å². The van der Waals surface area contributed by atoms with Gasteiger partial charge in [0.25, 0.3) is 5.91 Å². The normalized spacial score (nSPS) is 15.0. The maximum absolute atomic E-state index is 13.2. The fourth-order valence-corrected chi connectivity index (χ4v) is 2.47. The third-order valence-electron chi connectivity index (χ3n) is 3.54. The Balaban J connectivity index is 2.22. The molecule has 1 amide bonds. The van der Waals surface area contributed by atoms with Gasteiger partial charge < -0.3 is 4.90 Å². The second-order valence-electron chi connectivity index (χ2n) is 4.88. The topological polar surface area (TPSA) is 20.3 Å². The van der Waals surface area contributed by atoms with Gasteiger partial charge in [0.1, 0.15) is 0 Å². The first-order valence-electron chi connectivity index (χ1n) is 6.56. The Bertz CT molecular complexity index is 482. The Morgan fingerprint density at radius 2 is 1.85 bits per heavy atom. The number of amides is 1. The zero-order valence-electron chi connectivity index (χ0n) is 10.8. The minimum Gasteiger partial charge on any atom is -0.336 e. The average Bonchev–Trinajstić information content (AvgIpc) is 2.37. The molecule has 0 unspecified atom stereocenters. The van der Waals surface area contributed by atoms with Crippen molar-refractivity contribution in [1.82, 2.24) is 4.90 Å². The summed E-state index contributed by atoms with van der Waals surface area (Å²) in [7, 11) is 0. The molecule has 0 atom stereocenters. The van der Waals surface area contributed by atoms with E-state index >= 15 is 0 Å². The maximum atomic E-state index is 13.2. The van der Waals surface area contributed by atoms with E-state index in [0.29, 0.717) is 6.54 Å². The fourth-order valence-electron chi connectivity index (χ4n) is 2.22. The third kappa shape index (κ3) is 3.16. The van der Waals surface area contributed by atoms with Gasteiger partial charge in [0.05, 0.1) is 0 Å². The van der Waals surface area contributed by atoms with Gasteiger partial charge in [-0.25, -0.2) is 13.2 Å². The van der Waals surface area contributed by atoms with Gasteiger partial charge in [-0.2, -0.15) is 0 Å². The summed E-state index contributed by atoms with van der Waals surface area (Å²) in [5.74, 6) is -4.64. The van der Waals surface area contributed by atoms with Gasteiger partial charge in [-0.3, -0.25) is 4.79 Å². The molecule has 1 saturated carbocycles.